The quantitative estimate of drug-likeness (QED) is 0.714. The van der Waals surface area contributed by atoms with Crippen LogP contribution in [0.25, 0.3) is 0 Å². The van der Waals surface area contributed by atoms with Crippen LogP contribution in [0, 0.1) is 0 Å². The number of pyridine rings is 1. The lowest BCUT2D eigenvalue weighted by atomic mass is 10.0. The fourth-order valence-corrected chi connectivity index (χ4v) is 1.58. The van der Waals surface area contributed by atoms with Crippen LogP contribution >= 0.6 is 10.7 Å². The van der Waals surface area contributed by atoms with Crippen molar-refractivity contribution in [1.82, 2.24) is 4.98 Å². The van der Waals surface area contributed by atoms with Gasteiger partial charge in [-0.1, -0.05) is 0 Å². The number of halogens is 1. The molecule has 0 aliphatic carbocycles. The highest BCUT2D eigenvalue weighted by atomic mass is 35.7. The van der Waals surface area contributed by atoms with Crippen LogP contribution < -0.4 is 0 Å². The van der Waals surface area contributed by atoms with Crippen LogP contribution in [0.4, 0.5) is 0 Å². The van der Waals surface area contributed by atoms with E-state index in [4.69, 9.17) is 10.7 Å². The highest BCUT2D eigenvalue weighted by Crippen LogP contribution is 2.31. The minimum atomic E-state index is -3.61. The van der Waals surface area contributed by atoms with Crippen LogP contribution in [0.15, 0.2) is 24.5 Å². The van der Waals surface area contributed by atoms with Gasteiger partial charge in [0.25, 0.3) is 0 Å². The molecule has 0 atom stereocenters. The maximum Gasteiger partial charge on any atom is 0.241 e. The summed E-state index contributed by atoms with van der Waals surface area (Å²) < 4.78 is 21.3. The molecular weight excluding hydrogens is 210 g/mol. The Morgan fingerprint density at radius 3 is 2.15 bits per heavy atom. The van der Waals surface area contributed by atoms with Crippen LogP contribution in [0.2, 0.25) is 0 Å². The summed E-state index contributed by atoms with van der Waals surface area (Å²) in [5.41, 5.74) is 0.637. The van der Waals surface area contributed by atoms with E-state index < -0.39 is 13.8 Å². The maximum absolute atomic E-state index is 11.2. The van der Waals surface area contributed by atoms with Gasteiger partial charge in [-0.05, 0) is 31.5 Å². The van der Waals surface area contributed by atoms with Crippen molar-refractivity contribution in [1.29, 1.82) is 0 Å². The molecule has 1 aromatic heterocycles. The molecule has 5 heteroatoms. The average Bonchev–Trinajstić information content (AvgIpc) is 2.04. The summed E-state index contributed by atoms with van der Waals surface area (Å²) in [5.74, 6) is 0. The summed E-state index contributed by atoms with van der Waals surface area (Å²) in [6, 6.07) is 3.28. The minimum Gasteiger partial charge on any atom is -0.265 e. The summed E-state index contributed by atoms with van der Waals surface area (Å²) in [7, 11) is 1.70. The highest BCUT2D eigenvalue weighted by molar-refractivity contribution is 8.14. The van der Waals surface area contributed by atoms with E-state index in [1.165, 1.54) is 0 Å². The summed E-state index contributed by atoms with van der Waals surface area (Å²) in [4.78, 5) is 3.80. The molecular formula is C8H10ClNO2S. The van der Waals surface area contributed by atoms with Crippen molar-refractivity contribution in [3.05, 3.63) is 30.1 Å². The zero-order valence-corrected chi connectivity index (χ0v) is 8.93. The molecule has 0 bridgehead atoms. The van der Waals surface area contributed by atoms with Crippen molar-refractivity contribution in [2.75, 3.05) is 0 Å². The molecule has 1 aromatic rings. The topological polar surface area (TPSA) is 47.0 Å². The molecule has 1 heterocycles. The Morgan fingerprint density at radius 1 is 1.31 bits per heavy atom. The maximum atomic E-state index is 11.2. The Kier molecular flexibility index (Phi) is 2.63. The van der Waals surface area contributed by atoms with Crippen LogP contribution in [0.3, 0.4) is 0 Å². The third-order valence-corrected chi connectivity index (χ3v) is 4.60. The molecule has 0 radical (unpaired) electrons. The van der Waals surface area contributed by atoms with E-state index in [0.717, 1.165) is 0 Å². The lowest BCUT2D eigenvalue weighted by molar-refractivity contribution is 0.570. The predicted molar refractivity (Wildman–Crippen MR) is 52.0 cm³/mol. The molecule has 0 unspecified atom stereocenters. The van der Waals surface area contributed by atoms with E-state index in [-0.39, 0.29) is 0 Å². The molecule has 0 saturated carbocycles. The third kappa shape index (κ3) is 2.00. The molecule has 0 aliphatic heterocycles. The first-order valence-electron chi connectivity index (χ1n) is 3.70. The molecule has 0 saturated heterocycles. The Bertz CT molecular complexity index is 386. The molecule has 0 spiro atoms. The Morgan fingerprint density at radius 2 is 1.77 bits per heavy atom. The van der Waals surface area contributed by atoms with Crippen molar-refractivity contribution in [3.63, 3.8) is 0 Å². The molecule has 3 nitrogen and oxygen atoms in total. The standard InChI is InChI=1S/C8H10ClNO2S/c1-8(2,13(9,11)12)7-3-5-10-6-4-7/h3-6H,1-2H3. The van der Waals surface area contributed by atoms with Crippen molar-refractivity contribution in [2.24, 2.45) is 0 Å². The number of nitrogens with zero attached hydrogens (tertiary/aromatic N) is 1. The second-order valence-electron chi connectivity index (χ2n) is 3.18. The fraction of sp³-hybridized carbons (Fsp3) is 0.375. The molecule has 0 fully saturated rings. The summed E-state index contributed by atoms with van der Waals surface area (Å²) in [5, 5.41) is 0. The van der Waals surface area contributed by atoms with Gasteiger partial charge in [0.15, 0.2) is 0 Å². The van der Waals surface area contributed by atoms with Crippen molar-refractivity contribution >= 4 is 19.7 Å². The normalized spacial score (nSPS) is 12.8. The molecule has 0 N–H and O–H groups in total. The summed E-state index contributed by atoms with van der Waals surface area (Å²) in [6.07, 6.45) is 3.08. The first-order chi connectivity index (χ1) is 5.86. The van der Waals surface area contributed by atoms with E-state index in [0.29, 0.717) is 5.56 Å². The van der Waals surface area contributed by atoms with Crippen LogP contribution in [0.5, 0.6) is 0 Å². The summed E-state index contributed by atoms with van der Waals surface area (Å²) in [6.45, 7) is 3.12. The second-order valence-corrected chi connectivity index (χ2v) is 6.30. The fourth-order valence-electron chi connectivity index (χ4n) is 0.894. The van der Waals surface area contributed by atoms with Gasteiger partial charge in [0.05, 0.1) is 0 Å². The van der Waals surface area contributed by atoms with Gasteiger partial charge in [-0.3, -0.25) is 4.98 Å². The van der Waals surface area contributed by atoms with Gasteiger partial charge in [0.2, 0.25) is 9.05 Å². The van der Waals surface area contributed by atoms with Gasteiger partial charge in [0.1, 0.15) is 4.75 Å². The van der Waals surface area contributed by atoms with E-state index in [1.54, 1.807) is 38.4 Å². The van der Waals surface area contributed by atoms with E-state index in [2.05, 4.69) is 4.98 Å². The number of hydrogen-bond acceptors (Lipinski definition) is 3. The summed E-state index contributed by atoms with van der Waals surface area (Å²) >= 11 is 0. The molecule has 72 valence electrons. The van der Waals surface area contributed by atoms with Gasteiger partial charge < -0.3 is 0 Å². The van der Waals surface area contributed by atoms with E-state index in [1.807, 2.05) is 0 Å². The first kappa shape index (κ1) is 10.5. The number of rotatable bonds is 2. The number of hydrogen-bond donors (Lipinski definition) is 0. The van der Waals surface area contributed by atoms with Gasteiger partial charge in [-0.15, -0.1) is 0 Å². The number of aromatic nitrogens is 1. The largest absolute Gasteiger partial charge is 0.265 e. The first-order valence-corrected chi connectivity index (χ1v) is 6.01. The molecule has 0 amide bonds. The van der Waals surface area contributed by atoms with Crippen LogP contribution in [-0.4, -0.2) is 13.4 Å². The lowest BCUT2D eigenvalue weighted by Crippen LogP contribution is -2.24. The zero-order valence-electron chi connectivity index (χ0n) is 7.36. The van der Waals surface area contributed by atoms with E-state index >= 15 is 0 Å². The van der Waals surface area contributed by atoms with Crippen LogP contribution in [-0.2, 0) is 13.8 Å². The highest BCUT2D eigenvalue weighted by Gasteiger charge is 2.34. The average molecular weight is 220 g/mol. The van der Waals surface area contributed by atoms with Gasteiger partial charge in [0, 0.05) is 23.1 Å². The van der Waals surface area contributed by atoms with Gasteiger partial charge in [-0.25, -0.2) is 8.42 Å². The zero-order chi connectivity index (χ0) is 10.1. The molecule has 1 rings (SSSR count). The molecule has 0 aliphatic rings. The predicted octanol–water partition coefficient (Wildman–Crippen LogP) is 1.89. The lowest BCUT2D eigenvalue weighted by Gasteiger charge is -2.20. The Balaban J connectivity index is 3.24. The van der Waals surface area contributed by atoms with Crippen molar-refractivity contribution in [3.8, 4) is 0 Å². The molecule has 13 heavy (non-hydrogen) atoms. The smallest absolute Gasteiger partial charge is 0.241 e. The third-order valence-electron chi connectivity index (χ3n) is 1.99. The SMILES string of the molecule is CC(C)(c1ccncc1)S(=O)(=O)Cl. The van der Waals surface area contributed by atoms with Gasteiger partial charge in [-0.2, -0.15) is 0 Å². The molecule has 0 aromatic carbocycles. The van der Waals surface area contributed by atoms with Crippen LogP contribution in [0.1, 0.15) is 19.4 Å². The minimum absolute atomic E-state index is 0.637. The monoisotopic (exact) mass is 219 g/mol. The van der Waals surface area contributed by atoms with E-state index in [9.17, 15) is 8.42 Å². The van der Waals surface area contributed by atoms with Crippen molar-refractivity contribution in [2.45, 2.75) is 18.6 Å². The van der Waals surface area contributed by atoms with Gasteiger partial charge >= 0.3 is 0 Å². The Labute approximate surface area is 82.2 Å². The van der Waals surface area contributed by atoms with Crippen molar-refractivity contribution < 1.29 is 8.42 Å². The second kappa shape index (κ2) is 3.27. The Hall–Kier alpha value is -0.610.